The number of carbonyl (C=O) groups excluding carboxylic acids is 1. The van der Waals surface area contributed by atoms with Crippen LogP contribution in [0.2, 0.25) is 0 Å². The number of aromatic nitrogens is 2. The molecule has 1 aliphatic heterocycles. The summed E-state index contributed by atoms with van der Waals surface area (Å²) in [6, 6.07) is 7.18. The van der Waals surface area contributed by atoms with Gasteiger partial charge < -0.3 is 15.0 Å². The number of morpholine rings is 1. The monoisotopic (exact) mass is 381 g/mol. The molecular formula is C20H23N5O3. The van der Waals surface area contributed by atoms with Gasteiger partial charge in [0.25, 0.3) is 11.5 Å². The summed E-state index contributed by atoms with van der Waals surface area (Å²) in [4.78, 5) is 32.0. The molecule has 0 saturated carbocycles. The first-order valence-corrected chi connectivity index (χ1v) is 9.26. The quantitative estimate of drug-likeness (QED) is 0.634. The molecule has 3 rings (SSSR count). The van der Waals surface area contributed by atoms with Crippen LogP contribution >= 0.6 is 0 Å². The minimum absolute atomic E-state index is 0.0320. The lowest BCUT2D eigenvalue weighted by atomic mass is 10.1. The van der Waals surface area contributed by atoms with E-state index in [1.54, 1.807) is 31.3 Å². The van der Waals surface area contributed by atoms with Crippen molar-refractivity contribution in [3.8, 4) is 6.07 Å². The molecule has 0 spiro atoms. The van der Waals surface area contributed by atoms with E-state index in [-0.39, 0.29) is 28.9 Å². The Hall–Kier alpha value is -3.18. The summed E-state index contributed by atoms with van der Waals surface area (Å²) >= 11 is 0. The number of likely N-dealkylation sites (N-methyl/N-ethyl adjacent to an activating group) is 1. The zero-order valence-electron chi connectivity index (χ0n) is 16.2. The van der Waals surface area contributed by atoms with Crippen LogP contribution in [0.4, 0.5) is 5.82 Å². The Labute approximate surface area is 163 Å². The molecule has 0 radical (unpaired) electrons. The van der Waals surface area contributed by atoms with Crippen molar-refractivity contribution in [3.63, 3.8) is 0 Å². The Morgan fingerprint density at radius 1 is 1.39 bits per heavy atom. The largest absolute Gasteiger partial charge is 0.372 e. The number of pyridine rings is 1. The summed E-state index contributed by atoms with van der Waals surface area (Å²) < 4.78 is 7.20. The molecule has 0 unspecified atom stereocenters. The van der Waals surface area contributed by atoms with Crippen LogP contribution in [0.5, 0.6) is 0 Å². The molecule has 2 aromatic heterocycles. The van der Waals surface area contributed by atoms with Crippen molar-refractivity contribution in [3.05, 3.63) is 45.9 Å². The number of nitrogens with one attached hydrogen (secondary N) is 1. The lowest BCUT2D eigenvalue weighted by Crippen LogP contribution is -2.46. The molecule has 28 heavy (non-hydrogen) atoms. The number of nitriles is 1. The van der Waals surface area contributed by atoms with E-state index in [1.807, 2.05) is 24.8 Å². The van der Waals surface area contributed by atoms with Gasteiger partial charge in [-0.15, -0.1) is 0 Å². The summed E-state index contributed by atoms with van der Waals surface area (Å²) in [7, 11) is 0. The van der Waals surface area contributed by atoms with Gasteiger partial charge in [-0.05, 0) is 39.0 Å². The van der Waals surface area contributed by atoms with E-state index in [0.717, 1.165) is 0 Å². The third-order valence-corrected chi connectivity index (χ3v) is 4.46. The molecule has 1 N–H and O–H groups in total. The number of hydrogen-bond acceptors (Lipinski definition) is 6. The van der Waals surface area contributed by atoms with Gasteiger partial charge in [0.15, 0.2) is 0 Å². The topological polar surface area (TPSA) is 99.7 Å². The smallest absolute Gasteiger partial charge is 0.267 e. The van der Waals surface area contributed by atoms with Crippen LogP contribution in [0.25, 0.3) is 11.7 Å². The molecule has 1 saturated heterocycles. The fourth-order valence-electron chi connectivity index (χ4n) is 3.36. The van der Waals surface area contributed by atoms with Crippen molar-refractivity contribution < 1.29 is 9.53 Å². The molecular weight excluding hydrogens is 358 g/mol. The second kappa shape index (κ2) is 8.23. The Morgan fingerprint density at radius 2 is 2.11 bits per heavy atom. The lowest BCUT2D eigenvalue weighted by Gasteiger charge is -2.36. The summed E-state index contributed by atoms with van der Waals surface area (Å²) in [5.74, 6) is -0.0625. The molecule has 2 aromatic rings. The Kier molecular flexibility index (Phi) is 5.76. The zero-order chi connectivity index (χ0) is 20.3. The molecule has 1 aliphatic rings. The summed E-state index contributed by atoms with van der Waals surface area (Å²) in [6.07, 6.45) is 2.89. The van der Waals surface area contributed by atoms with Crippen LogP contribution in [0.3, 0.4) is 0 Å². The Balaban J connectivity index is 2.21. The van der Waals surface area contributed by atoms with Crippen molar-refractivity contribution in [1.29, 1.82) is 5.26 Å². The van der Waals surface area contributed by atoms with Gasteiger partial charge in [0.05, 0.1) is 17.8 Å². The normalized spacial score (nSPS) is 20.1. The molecule has 8 heteroatoms. The van der Waals surface area contributed by atoms with Gasteiger partial charge in [-0.2, -0.15) is 5.26 Å². The van der Waals surface area contributed by atoms with Crippen LogP contribution in [0, 0.1) is 11.3 Å². The Bertz CT molecular complexity index is 1010. The lowest BCUT2D eigenvalue weighted by molar-refractivity contribution is -0.116. The molecule has 0 aromatic carbocycles. The average Bonchev–Trinajstić information content (AvgIpc) is 2.66. The maximum atomic E-state index is 13.2. The number of amides is 1. The number of rotatable bonds is 4. The minimum Gasteiger partial charge on any atom is -0.372 e. The first kappa shape index (κ1) is 19.6. The molecule has 146 valence electrons. The second-order valence-electron chi connectivity index (χ2n) is 6.77. The maximum absolute atomic E-state index is 13.2. The summed E-state index contributed by atoms with van der Waals surface area (Å²) in [5.41, 5.74) is 0.257. The standard InChI is InChI=1S/C20H23N5O3/c1-4-22-19(26)15(10-21)9-16-18(24-11-13(2)28-14(3)12-24)23-17-7-5-6-8-25(17)20(16)27/h5-9,13-14H,4,11-12H2,1-3H3,(H,22,26)/b15-9+/t13-,14+. The fourth-order valence-corrected chi connectivity index (χ4v) is 3.36. The van der Waals surface area contributed by atoms with Crippen LogP contribution in [-0.2, 0) is 9.53 Å². The molecule has 2 atom stereocenters. The van der Waals surface area contributed by atoms with E-state index in [1.165, 1.54) is 10.5 Å². The van der Waals surface area contributed by atoms with Gasteiger partial charge >= 0.3 is 0 Å². The first-order chi connectivity index (χ1) is 13.4. The van der Waals surface area contributed by atoms with E-state index in [4.69, 9.17) is 4.74 Å². The van der Waals surface area contributed by atoms with Crippen molar-refractivity contribution in [2.45, 2.75) is 33.0 Å². The van der Waals surface area contributed by atoms with Crippen LogP contribution in [0.15, 0.2) is 34.8 Å². The van der Waals surface area contributed by atoms with Crippen molar-refractivity contribution in [2.75, 3.05) is 24.5 Å². The van der Waals surface area contributed by atoms with Crippen LogP contribution in [0.1, 0.15) is 26.3 Å². The second-order valence-corrected chi connectivity index (χ2v) is 6.77. The highest BCUT2D eigenvalue weighted by atomic mass is 16.5. The molecule has 1 amide bonds. The van der Waals surface area contributed by atoms with Gasteiger partial charge in [-0.3, -0.25) is 14.0 Å². The van der Waals surface area contributed by atoms with Crippen molar-refractivity contribution in [1.82, 2.24) is 14.7 Å². The van der Waals surface area contributed by atoms with E-state index in [2.05, 4.69) is 10.3 Å². The minimum atomic E-state index is -0.516. The molecule has 3 heterocycles. The van der Waals surface area contributed by atoms with E-state index in [9.17, 15) is 14.9 Å². The predicted molar refractivity (Wildman–Crippen MR) is 106 cm³/mol. The highest BCUT2D eigenvalue weighted by molar-refractivity contribution is 6.02. The van der Waals surface area contributed by atoms with Crippen molar-refractivity contribution >= 4 is 23.4 Å². The molecule has 8 nitrogen and oxygen atoms in total. The van der Waals surface area contributed by atoms with E-state index >= 15 is 0 Å². The molecule has 1 fully saturated rings. The van der Waals surface area contributed by atoms with Gasteiger partial charge in [0.1, 0.15) is 23.1 Å². The summed E-state index contributed by atoms with van der Waals surface area (Å²) in [5, 5.41) is 12.0. The van der Waals surface area contributed by atoms with Crippen molar-refractivity contribution in [2.24, 2.45) is 0 Å². The molecule has 0 bridgehead atoms. The highest BCUT2D eigenvalue weighted by Gasteiger charge is 2.27. The van der Waals surface area contributed by atoms with Gasteiger partial charge in [0, 0.05) is 25.8 Å². The number of ether oxygens (including phenoxy) is 1. The third-order valence-electron chi connectivity index (χ3n) is 4.46. The molecule has 0 aliphatic carbocycles. The third kappa shape index (κ3) is 3.89. The first-order valence-electron chi connectivity index (χ1n) is 9.26. The summed E-state index contributed by atoms with van der Waals surface area (Å²) in [6.45, 7) is 7.19. The predicted octanol–water partition coefficient (Wildman–Crippen LogP) is 1.35. The average molecular weight is 381 g/mol. The number of anilines is 1. The maximum Gasteiger partial charge on any atom is 0.267 e. The number of hydrogen-bond donors (Lipinski definition) is 1. The van der Waals surface area contributed by atoms with E-state index < -0.39 is 5.91 Å². The zero-order valence-corrected chi connectivity index (χ0v) is 16.2. The van der Waals surface area contributed by atoms with Crippen LogP contribution in [-0.4, -0.2) is 47.1 Å². The fraction of sp³-hybridized carbons (Fsp3) is 0.400. The van der Waals surface area contributed by atoms with Gasteiger partial charge in [-0.1, -0.05) is 6.07 Å². The number of nitrogens with zero attached hydrogens (tertiary/aromatic N) is 4. The van der Waals surface area contributed by atoms with Gasteiger partial charge in [-0.25, -0.2) is 4.98 Å². The highest BCUT2D eigenvalue weighted by Crippen LogP contribution is 2.23. The number of fused-ring (bicyclic) bond motifs is 1. The Morgan fingerprint density at radius 3 is 2.75 bits per heavy atom. The SMILES string of the molecule is CCNC(=O)/C(C#N)=C/c1c(N2C[C@@H](C)O[C@@H](C)C2)nc2ccccn2c1=O. The number of carbonyl (C=O) groups is 1. The van der Waals surface area contributed by atoms with Gasteiger partial charge in [0.2, 0.25) is 0 Å². The van der Waals surface area contributed by atoms with E-state index in [0.29, 0.717) is 31.1 Å². The van der Waals surface area contributed by atoms with Crippen LogP contribution < -0.4 is 15.8 Å².